The highest BCUT2D eigenvalue weighted by molar-refractivity contribution is 7.99. The molecule has 1 heterocycles. The van der Waals surface area contributed by atoms with E-state index in [4.69, 9.17) is 11.6 Å². The van der Waals surface area contributed by atoms with Crippen LogP contribution in [-0.4, -0.2) is 32.3 Å². The summed E-state index contributed by atoms with van der Waals surface area (Å²) >= 11 is 7.35. The minimum Gasteiger partial charge on any atom is -0.342 e. The van der Waals surface area contributed by atoms with Gasteiger partial charge in [0.05, 0.1) is 28.1 Å². The predicted octanol–water partition coefficient (Wildman–Crippen LogP) is 4.86. The van der Waals surface area contributed by atoms with Gasteiger partial charge in [0.15, 0.2) is 11.0 Å². The van der Waals surface area contributed by atoms with Crippen LogP contribution in [0.2, 0.25) is 5.02 Å². The number of nitrogens with one attached hydrogen (secondary N) is 2. The summed E-state index contributed by atoms with van der Waals surface area (Å²) in [7, 11) is 1.78. The number of thioether (sulfide) groups is 1. The molecule has 0 spiro atoms. The molecular formula is C23H25ClFN5O2S. The minimum atomic E-state index is -0.498. The molecule has 0 unspecified atom stereocenters. The zero-order valence-electron chi connectivity index (χ0n) is 18.5. The van der Waals surface area contributed by atoms with Crippen molar-refractivity contribution in [3.8, 4) is 0 Å². The molecule has 0 bridgehead atoms. The zero-order valence-corrected chi connectivity index (χ0v) is 20.1. The maximum absolute atomic E-state index is 13.7. The highest BCUT2D eigenvalue weighted by Gasteiger charge is 2.24. The number of hydrogen-bond donors (Lipinski definition) is 2. The summed E-state index contributed by atoms with van der Waals surface area (Å²) in [4.78, 5) is 25.1. The van der Waals surface area contributed by atoms with Gasteiger partial charge >= 0.3 is 0 Å². The van der Waals surface area contributed by atoms with Crippen LogP contribution in [0.4, 0.5) is 10.1 Å². The van der Waals surface area contributed by atoms with Crippen molar-refractivity contribution in [3.05, 3.63) is 70.8 Å². The van der Waals surface area contributed by atoms with Crippen LogP contribution in [0, 0.1) is 11.7 Å². The van der Waals surface area contributed by atoms with Crippen molar-refractivity contribution in [2.45, 2.75) is 31.5 Å². The Balaban J connectivity index is 1.70. The number of amides is 2. The number of rotatable bonds is 9. The van der Waals surface area contributed by atoms with Crippen LogP contribution in [0.25, 0.3) is 0 Å². The topological polar surface area (TPSA) is 88.9 Å². The number of aromatic nitrogens is 3. The molecule has 0 aliphatic rings. The quantitative estimate of drug-likeness (QED) is 0.419. The van der Waals surface area contributed by atoms with Gasteiger partial charge in [-0.2, -0.15) is 0 Å². The second-order valence-electron chi connectivity index (χ2n) is 7.85. The van der Waals surface area contributed by atoms with Crippen molar-refractivity contribution in [1.29, 1.82) is 0 Å². The number of carbonyl (C=O) groups excluding carboxylic acids is 2. The summed E-state index contributed by atoms with van der Waals surface area (Å²) in [6.07, 6.45) is 0.639. The average molecular weight is 490 g/mol. The summed E-state index contributed by atoms with van der Waals surface area (Å²) < 4.78 is 15.5. The van der Waals surface area contributed by atoms with Gasteiger partial charge in [0, 0.05) is 7.05 Å². The van der Waals surface area contributed by atoms with Crippen molar-refractivity contribution >= 4 is 40.9 Å². The Morgan fingerprint density at radius 3 is 2.52 bits per heavy atom. The molecule has 0 aliphatic carbocycles. The molecule has 174 valence electrons. The summed E-state index contributed by atoms with van der Waals surface area (Å²) in [5.74, 6) is -0.279. The molecule has 2 N–H and O–H groups in total. The monoisotopic (exact) mass is 489 g/mol. The average Bonchev–Trinajstić information content (AvgIpc) is 3.13. The van der Waals surface area contributed by atoms with Crippen molar-refractivity contribution in [2.24, 2.45) is 13.0 Å². The van der Waals surface area contributed by atoms with E-state index in [0.29, 0.717) is 28.0 Å². The van der Waals surface area contributed by atoms with Crippen LogP contribution >= 0.6 is 23.4 Å². The van der Waals surface area contributed by atoms with Crippen LogP contribution in [0.5, 0.6) is 0 Å². The van der Waals surface area contributed by atoms with Gasteiger partial charge in [0.1, 0.15) is 5.82 Å². The molecule has 3 aromatic rings. The SMILES string of the molecule is CC(C)C[C@H](NC(=O)c1ccccc1Cl)c1nnc(SCC(=O)Nc2ccccc2F)n1C. The summed E-state index contributed by atoms with van der Waals surface area (Å²) in [5.41, 5.74) is 0.510. The molecule has 0 aliphatic heterocycles. The number of carbonyl (C=O) groups is 2. The molecule has 0 radical (unpaired) electrons. The summed E-state index contributed by atoms with van der Waals surface area (Å²) in [6, 6.07) is 12.4. The summed E-state index contributed by atoms with van der Waals surface area (Å²) in [6.45, 7) is 4.10. The highest BCUT2D eigenvalue weighted by Crippen LogP contribution is 2.25. The fraction of sp³-hybridized carbons (Fsp3) is 0.304. The van der Waals surface area contributed by atoms with Gasteiger partial charge < -0.3 is 15.2 Å². The van der Waals surface area contributed by atoms with E-state index >= 15 is 0 Å². The Hall–Kier alpha value is -2.91. The van der Waals surface area contributed by atoms with E-state index < -0.39 is 11.9 Å². The molecule has 2 aromatic carbocycles. The Kier molecular flexibility index (Phi) is 8.46. The molecule has 10 heteroatoms. The van der Waals surface area contributed by atoms with Crippen LogP contribution in [-0.2, 0) is 11.8 Å². The third-order valence-electron chi connectivity index (χ3n) is 4.79. The van der Waals surface area contributed by atoms with Crippen LogP contribution in [0.1, 0.15) is 42.5 Å². The van der Waals surface area contributed by atoms with Crippen LogP contribution in [0.15, 0.2) is 53.7 Å². The number of benzene rings is 2. The fourth-order valence-corrected chi connectivity index (χ4v) is 4.16. The van der Waals surface area contributed by atoms with Gasteiger partial charge in [0.2, 0.25) is 5.91 Å². The van der Waals surface area contributed by atoms with E-state index in [1.54, 1.807) is 48.0 Å². The van der Waals surface area contributed by atoms with Gasteiger partial charge in [-0.25, -0.2) is 4.39 Å². The Morgan fingerprint density at radius 2 is 1.82 bits per heavy atom. The van der Waals surface area contributed by atoms with Gasteiger partial charge in [0.25, 0.3) is 5.91 Å². The first-order valence-electron chi connectivity index (χ1n) is 10.4. The van der Waals surface area contributed by atoms with Crippen molar-refractivity contribution in [2.75, 3.05) is 11.1 Å². The Bertz CT molecular complexity index is 1140. The molecule has 0 saturated carbocycles. The fourth-order valence-electron chi connectivity index (χ4n) is 3.22. The van der Waals surface area contributed by atoms with E-state index in [1.165, 1.54) is 23.9 Å². The van der Waals surface area contributed by atoms with E-state index in [-0.39, 0.29) is 29.2 Å². The molecule has 3 rings (SSSR count). The molecular weight excluding hydrogens is 465 g/mol. The third-order valence-corrected chi connectivity index (χ3v) is 6.14. The first-order chi connectivity index (χ1) is 15.8. The lowest BCUT2D eigenvalue weighted by atomic mass is 10.0. The highest BCUT2D eigenvalue weighted by atomic mass is 35.5. The van der Waals surface area contributed by atoms with E-state index in [2.05, 4.69) is 20.8 Å². The van der Waals surface area contributed by atoms with E-state index in [9.17, 15) is 14.0 Å². The molecule has 2 amide bonds. The number of halogens is 2. The molecule has 7 nitrogen and oxygen atoms in total. The maximum atomic E-state index is 13.7. The normalized spacial score (nSPS) is 11.9. The first-order valence-corrected chi connectivity index (χ1v) is 11.7. The molecule has 0 fully saturated rings. The molecule has 33 heavy (non-hydrogen) atoms. The van der Waals surface area contributed by atoms with E-state index in [0.717, 1.165) is 0 Å². The van der Waals surface area contributed by atoms with Gasteiger partial charge in [-0.15, -0.1) is 10.2 Å². The lowest BCUT2D eigenvalue weighted by Crippen LogP contribution is -2.31. The predicted molar refractivity (Wildman–Crippen MR) is 128 cm³/mol. The lowest BCUT2D eigenvalue weighted by Gasteiger charge is -2.20. The van der Waals surface area contributed by atoms with Gasteiger partial charge in [-0.05, 0) is 36.6 Å². The number of anilines is 1. The van der Waals surface area contributed by atoms with Crippen LogP contribution in [0.3, 0.4) is 0 Å². The standard InChI is InChI=1S/C23H25ClFN5O2S/c1-14(2)12-19(27-22(32)15-8-4-5-9-16(15)24)21-28-29-23(30(21)3)33-13-20(31)26-18-11-7-6-10-17(18)25/h4-11,14,19H,12-13H2,1-3H3,(H,26,31)(H,27,32)/t19-/m0/s1. The summed E-state index contributed by atoms with van der Waals surface area (Å²) in [5, 5.41) is 14.9. The molecule has 1 aromatic heterocycles. The maximum Gasteiger partial charge on any atom is 0.253 e. The largest absolute Gasteiger partial charge is 0.342 e. The lowest BCUT2D eigenvalue weighted by molar-refractivity contribution is -0.113. The van der Waals surface area contributed by atoms with Crippen LogP contribution < -0.4 is 10.6 Å². The first kappa shape index (κ1) is 24.7. The second-order valence-corrected chi connectivity index (χ2v) is 9.20. The van der Waals surface area contributed by atoms with Crippen molar-refractivity contribution in [3.63, 3.8) is 0 Å². The third kappa shape index (κ3) is 6.55. The smallest absolute Gasteiger partial charge is 0.253 e. The molecule has 1 atom stereocenters. The number of hydrogen-bond acceptors (Lipinski definition) is 5. The Morgan fingerprint density at radius 1 is 1.12 bits per heavy atom. The van der Waals surface area contributed by atoms with Crippen molar-refractivity contribution in [1.82, 2.24) is 20.1 Å². The van der Waals surface area contributed by atoms with E-state index in [1.807, 2.05) is 13.8 Å². The molecule has 0 saturated heterocycles. The Labute approximate surface area is 201 Å². The number of para-hydroxylation sites is 1. The zero-order chi connectivity index (χ0) is 24.0. The van der Waals surface area contributed by atoms with Crippen molar-refractivity contribution < 1.29 is 14.0 Å². The van der Waals surface area contributed by atoms with Gasteiger partial charge in [-0.3, -0.25) is 9.59 Å². The number of nitrogens with zero attached hydrogens (tertiary/aromatic N) is 3. The van der Waals surface area contributed by atoms with Gasteiger partial charge in [-0.1, -0.05) is 61.5 Å². The minimum absolute atomic E-state index is 0.0289. The second kappa shape index (κ2) is 11.3.